The van der Waals surface area contributed by atoms with Crippen LogP contribution in [0.3, 0.4) is 0 Å². The number of aldehydes is 1. The Morgan fingerprint density at radius 2 is 1.70 bits per heavy atom. The largest absolute Gasteiger partial charge is 0.393 e. The number of carbonyl (C=O) groups excluding carboxylic acids is 1. The van der Waals surface area contributed by atoms with E-state index in [4.69, 9.17) is 0 Å². The van der Waals surface area contributed by atoms with Gasteiger partial charge in [0.2, 0.25) is 0 Å². The highest BCUT2D eigenvalue weighted by Gasteiger charge is 2.66. The van der Waals surface area contributed by atoms with Gasteiger partial charge in [0.15, 0.2) is 0 Å². The van der Waals surface area contributed by atoms with Gasteiger partial charge in [0, 0.05) is 5.41 Å². The molecule has 0 spiro atoms. The van der Waals surface area contributed by atoms with E-state index in [1.165, 1.54) is 12.5 Å². The molecule has 4 aliphatic rings. The Labute approximate surface area is 163 Å². The molecule has 8 atom stereocenters. The lowest BCUT2D eigenvalue weighted by molar-refractivity contribution is -0.207. The maximum Gasteiger partial charge on any atom is 0.142 e. The third-order valence-electron chi connectivity index (χ3n) is 9.54. The minimum absolute atomic E-state index is 0.0585. The SMILES string of the molecule is C[C@]12CC[C@H](O)C[C@H]1CCC1C2CC[C@]2(C)[C@@H](/C=C/C=C/C=O)CC[C@]12O. The third kappa shape index (κ3) is 2.80. The van der Waals surface area contributed by atoms with Crippen LogP contribution in [0.15, 0.2) is 24.3 Å². The van der Waals surface area contributed by atoms with Crippen LogP contribution in [0.5, 0.6) is 0 Å². The van der Waals surface area contributed by atoms with Gasteiger partial charge in [0.05, 0.1) is 11.7 Å². The first-order chi connectivity index (χ1) is 12.8. The molecule has 2 unspecified atom stereocenters. The lowest BCUT2D eigenvalue weighted by Gasteiger charge is -2.63. The molecule has 0 aromatic heterocycles. The summed E-state index contributed by atoms with van der Waals surface area (Å²) in [5.74, 6) is 2.01. The Hall–Kier alpha value is -0.930. The van der Waals surface area contributed by atoms with Crippen molar-refractivity contribution >= 4 is 6.29 Å². The molecule has 4 rings (SSSR count). The third-order valence-corrected chi connectivity index (χ3v) is 9.54. The van der Waals surface area contributed by atoms with Crippen molar-refractivity contribution in [2.45, 2.75) is 83.3 Å². The molecule has 3 heteroatoms. The van der Waals surface area contributed by atoms with Gasteiger partial charge in [-0.15, -0.1) is 0 Å². The summed E-state index contributed by atoms with van der Waals surface area (Å²) in [6.07, 6.45) is 17.8. The van der Waals surface area contributed by atoms with Gasteiger partial charge in [0.25, 0.3) is 0 Å². The fraction of sp³-hybridized carbons (Fsp3) is 0.792. The highest BCUT2D eigenvalue weighted by Crippen LogP contribution is 2.69. The molecule has 4 fully saturated rings. The van der Waals surface area contributed by atoms with Crippen molar-refractivity contribution in [2.24, 2.45) is 34.5 Å². The molecule has 150 valence electrons. The number of allylic oxidation sites excluding steroid dienone is 4. The highest BCUT2D eigenvalue weighted by molar-refractivity contribution is 5.65. The smallest absolute Gasteiger partial charge is 0.142 e. The molecule has 0 bridgehead atoms. The molecular formula is C24H36O3. The zero-order chi connectivity index (χ0) is 19.3. The van der Waals surface area contributed by atoms with E-state index in [1.807, 2.05) is 6.08 Å². The molecule has 3 nitrogen and oxygen atoms in total. The van der Waals surface area contributed by atoms with Crippen molar-refractivity contribution in [3.05, 3.63) is 24.3 Å². The predicted octanol–water partition coefficient (Wildman–Crippen LogP) is 4.43. The normalized spacial score (nSPS) is 52.5. The molecule has 0 amide bonds. The van der Waals surface area contributed by atoms with Gasteiger partial charge in [-0.05, 0) is 93.0 Å². The van der Waals surface area contributed by atoms with E-state index in [-0.39, 0.29) is 11.5 Å². The Morgan fingerprint density at radius 3 is 2.48 bits per heavy atom. The minimum Gasteiger partial charge on any atom is -0.393 e. The summed E-state index contributed by atoms with van der Waals surface area (Å²) >= 11 is 0. The summed E-state index contributed by atoms with van der Waals surface area (Å²) in [6, 6.07) is 0. The maximum atomic E-state index is 12.0. The Morgan fingerprint density at radius 1 is 0.889 bits per heavy atom. The zero-order valence-corrected chi connectivity index (χ0v) is 16.9. The van der Waals surface area contributed by atoms with E-state index >= 15 is 0 Å². The van der Waals surface area contributed by atoms with Crippen molar-refractivity contribution in [3.8, 4) is 0 Å². The summed E-state index contributed by atoms with van der Waals surface area (Å²) in [7, 11) is 0. The van der Waals surface area contributed by atoms with Crippen molar-refractivity contribution < 1.29 is 15.0 Å². The van der Waals surface area contributed by atoms with Crippen LogP contribution in [0.1, 0.15) is 71.6 Å². The second kappa shape index (κ2) is 6.84. The number of hydrogen-bond donors (Lipinski definition) is 2. The molecule has 0 radical (unpaired) electrons. The molecule has 4 saturated carbocycles. The molecule has 0 aromatic carbocycles. The Kier molecular flexibility index (Phi) is 4.91. The van der Waals surface area contributed by atoms with E-state index in [0.29, 0.717) is 29.1 Å². The van der Waals surface area contributed by atoms with E-state index in [0.717, 1.165) is 57.7 Å². The van der Waals surface area contributed by atoms with Gasteiger partial charge in [-0.25, -0.2) is 0 Å². The van der Waals surface area contributed by atoms with E-state index < -0.39 is 5.60 Å². The highest BCUT2D eigenvalue weighted by atomic mass is 16.3. The number of fused-ring (bicyclic) bond motifs is 5. The number of aliphatic hydroxyl groups excluding tert-OH is 1. The van der Waals surface area contributed by atoms with Gasteiger partial charge in [-0.1, -0.05) is 32.1 Å². The van der Waals surface area contributed by atoms with E-state index in [2.05, 4.69) is 19.9 Å². The second-order valence-electron chi connectivity index (χ2n) is 10.4. The summed E-state index contributed by atoms with van der Waals surface area (Å²) in [4.78, 5) is 10.5. The second-order valence-corrected chi connectivity index (χ2v) is 10.4. The first-order valence-electron chi connectivity index (χ1n) is 11.0. The first kappa shape index (κ1) is 19.4. The number of carbonyl (C=O) groups is 1. The van der Waals surface area contributed by atoms with Crippen LogP contribution in [0.4, 0.5) is 0 Å². The molecule has 0 saturated heterocycles. The topological polar surface area (TPSA) is 57.5 Å². The van der Waals surface area contributed by atoms with Crippen LogP contribution in [0.2, 0.25) is 0 Å². The first-order valence-corrected chi connectivity index (χ1v) is 11.0. The molecule has 2 N–H and O–H groups in total. The summed E-state index contributed by atoms with van der Waals surface area (Å²) in [5, 5.41) is 22.2. The van der Waals surface area contributed by atoms with Gasteiger partial charge in [-0.3, -0.25) is 4.79 Å². The molecule has 0 heterocycles. The van der Waals surface area contributed by atoms with Gasteiger partial charge in [0.1, 0.15) is 6.29 Å². The molecular weight excluding hydrogens is 336 g/mol. The van der Waals surface area contributed by atoms with Crippen LogP contribution < -0.4 is 0 Å². The van der Waals surface area contributed by atoms with E-state index in [9.17, 15) is 15.0 Å². The molecule has 0 aliphatic heterocycles. The van der Waals surface area contributed by atoms with Crippen LogP contribution in [-0.4, -0.2) is 28.2 Å². The predicted molar refractivity (Wildman–Crippen MR) is 107 cm³/mol. The summed E-state index contributed by atoms with van der Waals surface area (Å²) in [5.41, 5.74) is -0.333. The van der Waals surface area contributed by atoms with Gasteiger partial charge in [-0.2, -0.15) is 0 Å². The quantitative estimate of drug-likeness (QED) is 0.438. The van der Waals surface area contributed by atoms with Crippen LogP contribution >= 0.6 is 0 Å². The minimum atomic E-state index is -0.566. The van der Waals surface area contributed by atoms with Crippen molar-refractivity contribution in [2.75, 3.05) is 0 Å². The van der Waals surface area contributed by atoms with Crippen LogP contribution in [-0.2, 0) is 4.79 Å². The van der Waals surface area contributed by atoms with Crippen LogP contribution in [0, 0.1) is 34.5 Å². The summed E-state index contributed by atoms with van der Waals surface area (Å²) < 4.78 is 0. The Bertz CT molecular complexity index is 640. The average Bonchev–Trinajstić information content (AvgIpc) is 2.91. The monoisotopic (exact) mass is 372 g/mol. The Balaban J connectivity index is 1.59. The van der Waals surface area contributed by atoms with Crippen molar-refractivity contribution in [1.82, 2.24) is 0 Å². The standard InChI is InChI=1S/C24H36O3/c1-22-12-10-19(26)16-18(22)7-8-21-20(22)11-13-23(2)17(6-4-3-5-15-25)9-14-24(21,23)27/h3-6,15,17-21,26-27H,7-14,16H2,1-2H3/b5-3+,6-4+/t17-,18+,19-,20?,21?,22-,23+,24-/m0/s1. The summed E-state index contributed by atoms with van der Waals surface area (Å²) in [6.45, 7) is 4.77. The molecule has 0 aromatic rings. The van der Waals surface area contributed by atoms with Crippen molar-refractivity contribution in [3.63, 3.8) is 0 Å². The van der Waals surface area contributed by atoms with Crippen LogP contribution in [0.25, 0.3) is 0 Å². The lowest BCUT2D eigenvalue weighted by atomic mass is 9.43. The number of hydrogen-bond acceptors (Lipinski definition) is 3. The zero-order valence-electron chi connectivity index (χ0n) is 16.9. The van der Waals surface area contributed by atoms with Gasteiger partial charge < -0.3 is 10.2 Å². The molecule has 4 aliphatic carbocycles. The molecule has 27 heavy (non-hydrogen) atoms. The van der Waals surface area contributed by atoms with E-state index in [1.54, 1.807) is 6.08 Å². The fourth-order valence-corrected chi connectivity index (χ4v) is 7.86. The number of aliphatic hydroxyl groups is 2. The fourth-order valence-electron chi connectivity index (χ4n) is 7.86. The van der Waals surface area contributed by atoms with Crippen molar-refractivity contribution in [1.29, 1.82) is 0 Å². The lowest BCUT2D eigenvalue weighted by Crippen LogP contribution is -2.62. The number of rotatable bonds is 3. The van der Waals surface area contributed by atoms with Gasteiger partial charge >= 0.3 is 0 Å². The maximum absolute atomic E-state index is 12.0. The average molecular weight is 373 g/mol.